The average molecular weight is 241 g/mol. The van der Waals surface area contributed by atoms with Crippen LogP contribution in [0.4, 0.5) is 4.79 Å². The third-order valence-electron chi connectivity index (χ3n) is 3.41. The van der Waals surface area contributed by atoms with E-state index < -0.39 is 5.60 Å². The van der Waals surface area contributed by atoms with Gasteiger partial charge < -0.3 is 14.7 Å². The van der Waals surface area contributed by atoms with Crippen LogP contribution in [0.1, 0.15) is 46.5 Å². The second kappa shape index (κ2) is 4.48. The Morgan fingerprint density at radius 3 is 2.47 bits per heavy atom. The molecule has 2 aliphatic rings. The summed E-state index contributed by atoms with van der Waals surface area (Å²) >= 11 is 0. The fraction of sp³-hybridized carbons (Fsp3) is 0.923. The van der Waals surface area contributed by atoms with Crippen molar-refractivity contribution in [3.8, 4) is 0 Å². The molecule has 1 amide bonds. The molecule has 0 aromatic heterocycles. The monoisotopic (exact) mass is 241 g/mol. The zero-order chi connectivity index (χ0) is 12.6. The minimum Gasteiger partial charge on any atom is -0.444 e. The Morgan fingerprint density at radius 1 is 1.29 bits per heavy atom. The first-order valence-corrected chi connectivity index (χ1v) is 6.54. The molecule has 0 aromatic rings. The van der Waals surface area contributed by atoms with Crippen molar-refractivity contribution in [3.63, 3.8) is 0 Å². The fourth-order valence-corrected chi connectivity index (χ4v) is 2.45. The standard InChI is InChI=1S/C13H23NO3/c1-13(2,3)17-12(16)14-7-6-10(15)8-11(14)9-4-5-9/h9-11,15H,4-8H2,1-3H3. The number of carbonyl (C=O) groups excluding carboxylic acids is 1. The van der Waals surface area contributed by atoms with Gasteiger partial charge in [0.2, 0.25) is 0 Å². The second-order valence-corrected chi connectivity index (χ2v) is 6.26. The molecule has 1 saturated carbocycles. The van der Waals surface area contributed by atoms with Crippen LogP contribution in [0.5, 0.6) is 0 Å². The molecule has 1 aliphatic heterocycles. The molecule has 4 heteroatoms. The first-order chi connectivity index (χ1) is 7.87. The molecule has 17 heavy (non-hydrogen) atoms. The first-order valence-electron chi connectivity index (χ1n) is 6.54. The van der Waals surface area contributed by atoms with Crippen molar-refractivity contribution in [2.24, 2.45) is 5.92 Å². The molecule has 2 atom stereocenters. The lowest BCUT2D eigenvalue weighted by Crippen LogP contribution is -2.50. The van der Waals surface area contributed by atoms with Gasteiger partial charge in [0.15, 0.2) is 0 Å². The van der Waals surface area contributed by atoms with Crippen molar-refractivity contribution in [2.75, 3.05) is 6.54 Å². The van der Waals surface area contributed by atoms with Crippen molar-refractivity contribution in [2.45, 2.75) is 64.2 Å². The van der Waals surface area contributed by atoms with Gasteiger partial charge in [-0.2, -0.15) is 0 Å². The van der Waals surface area contributed by atoms with Crippen LogP contribution < -0.4 is 0 Å². The molecule has 2 fully saturated rings. The Labute approximate surface area is 103 Å². The molecule has 1 N–H and O–H groups in total. The van der Waals surface area contributed by atoms with Gasteiger partial charge in [0.1, 0.15) is 5.60 Å². The van der Waals surface area contributed by atoms with E-state index in [4.69, 9.17) is 4.74 Å². The maximum absolute atomic E-state index is 12.1. The summed E-state index contributed by atoms with van der Waals surface area (Å²) in [6.07, 6.45) is 3.26. The largest absolute Gasteiger partial charge is 0.444 e. The van der Waals surface area contributed by atoms with Crippen LogP contribution in [0, 0.1) is 5.92 Å². The molecule has 4 nitrogen and oxygen atoms in total. The highest BCUT2D eigenvalue weighted by Gasteiger charge is 2.42. The van der Waals surface area contributed by atoms with Gasteiger partial charge in [-0.25, -0.2) is 4.79 Å². The number of nitrogens with zero attached hydrogens (tertiary/aromatic N) is 1. The van der Waals surface area contributed by atoms with Crippen LogP contribution in [0.3, 0.4) is 0 Å². The summed E-state index contributed by atoms with van der Waals surface area (Å²) < 4.78 is 5.43. The lowest BCUT2D eigenvalue weighted by atomic mass is 9.96. The van der Waals surface area contributed by atoms with E-state index in [1.165, 1.54) is 12.8 Å². The van der Waals surface area contributed by atoms with Gasteiger partial charge >= 0.3 is 6.09 Å². The number of aliphatic hydroxyl groups is 1. The van der Waals surface area contributed by atoms with Crippen LogP contribution in [-0.4, -0.2) is 40.4 Å². The number of hydrogen-bond acceptors (Lipinski definition) is 3. The summed E-state index contributed by atoms with van der Waals surface area (Å²) in [5.74, 6) is 0.581. The molecule has 2 unspecified atom stereocenters. The first kappa shape index (κ1) is 12.7. The molecule has 2 rings (SSSR count). The minimum absolute atomic E-state index is 0.189. The van der Waals surface area contributed by atoms with Gasteiger partial charge in [0.25, 0.3) is 0 Å². The zero-order valence-electron chi connectivity index (χ0n) is 11.0. The van der Waals surface area contributed by atoms with Gasteiger partial charge in [0, 0.05) is 12.6 Å². The predicted octanol–water partition coefficient (Wildman–Crippen LogP) is 2.16. The number of aliphatic hydroxyl groups excluding tert-OH is 1. The summed E-state index contributed by atoms with van der Waals surface area (Å²) in [6, 6.07) is 0.189. The molecule has 1 aliphatic carbocycles. The molecule has 0 radical (unpaired) electrons. The molecule has 0 bridgehead atoms. The van der Waals surface area contributed by atoms with Crippen molar-refractivity contribution in [3.05, 3.63) is 0 Å². The summed E-state index contributed by atoms with van der Waals surface area (Å²) in [7, 11) is 0. The van der Waals surface area contributed by atoms with Crippen molar-refractivity contribution in [1.82, 2.24) is 4.90 Å². The number of likely N-dealkylation sites (tertiary alicyclic amines) is 1. The quantitative estimate of drug-likeness (QED) is 0.765. The van der Waals surface area contributed by atoms with Crippen LogP contribution in [0.15, 0.2) is 0 Å². The SMILES string of the molecule is CC(C)(C)OC(=O)N1CCC(O)CC1C1CC1. The Morgan fingerprint density at radius 2 is 1.94 bits per heavy atom. The number of piperidine rings is 1. The van der Waals surface area contributed by atoms with Crippen LogP contribution in [0.2, 0.25) is 0 Å². The molecule has 0 spiro atoms. The number of carbonyl (C=O) groups is 1. The zero-order valence-corrected chi connectivity index (χ0v) is 11.0. The lowest BCUT2D eigenvalue weighted by Gasteiger charge is -2.38. The second-order valence-electron chi connectivity index (χ2n) is 6.26. The Hall–Kier alpha value is -0.770. The number of hydrogen-bond donors (Lipinski definition) is 1. The van der Waals surface area contributed by atoms with E-state index in [1.807, 2.05) is 25.7 Å². The van der Waals surface area contributed by atoms with E-state index in [-0.39, 0.29) is 18.2 Å². The third kappa shape index (κ3) is 3.35. The molecular weight excluding hydrogens is 218 g/mol. The van der Waals surface area contributed by atoms with Crippen molar-refractivity contribution >= 4 is 6.09 Å². The summed E-state index contributed by atoms with van der Waals surface area (Å²) in [6.45, 7) is 6.28. The van der Waals surface area contributed by atoms with E-state index in [1.54, 1.807) is 0 Å². The Kier molecular flexibility index (Phi) is 3.34. The van der Waals surface area contributed by atoms with Crippen LogP contribution in [0.25, 0.3) is 0 Å². The van der Waals surface area contributed by atoms with E-state index in [0.717, 1.165) is 0 Å². The number of ether oxygens (including phenoxy) is 1. The maximum atomic E-state index is 12.1. The third-order valence-corrected chi connectivity index (χ3v) is 3.41. The maximum Gasteiger partial charge on any atom is 0.410 e. The normalized spacial score (nSPS) is 30.2. The van der Waals surface area contributed by atoms with E-state index in [9.17, 15) is 9.90 Å². The van der Waals surface area contributed by atoms with Gasteiger partial charge in [-0.3, -0.25) is 0 Å². The van der Waals surface area contributed by atoms with Gasteiger partial charge in [-0.1, -0.05) is 0 Å². The molecule has 1 saturated heterocycles. The topological polar surface area (TPSA) is 49.8 Å². The van der Waals surface area contributed by atoms with E-state index >= 15 is 0 Å². The summed E-state index contributed by atoms with van der Waals surface area (Å²) in [4.78, 5) is 13.9. The molecule has 98 valence electrons. The Bertz CT molecular complexity index is 294. The highest BCUT2D eigenvalue weighted by atomic mass is 16.6. The van der Waals surface area contributed by atoms with Crippen LogP contribution >= 0.6 is 0 Å². The predicted molar refractivity (Wildman–Crippen MR) is 64.7 cm³/mol. The molecular formula is C13H23NO3. The Balaban J connectivity index is 1.99. The number of rotatable bonds is 1. The highest BCUT2D eigenvalue weighted by molar-refractivity contribution is 5.68. The summed E-state index contributed by atoms with van der Waals surface area (Å²) in [5.41, 5.74) is -0.443. The van der Waals surface area contributed by atoms with E-state index in [2.05, 4.69) is 0 Å². The number of amides is 1. The van der Waals surface area contributed by atoms with Gasteiger partial charge in [-0.05, 0) is 52.4 Å². The van der Waals surface area contributed by atoms with Crippen LogP contribution in [-0.2, 0) is 4.74 Å². The lowest BCUT2D eigenvalue weighted by molar-refractivity contribution is -0.0118. The molecule has 0 aromatic carbocycles. The average Bonchev–Trinajstić information content (AvgIpc) is 2.97. The molecule has 1 heterocycles. The van der Waals surface area contributed by atoms with Gasteiger partial charge in [-0.15, -0.1) is 0 Å². The van der Waals surface area contributed by atoms with E-state index in [0.29, 0.717) is 25.3 Å². The smallest absolute Gasteiger partial charge is 0.410 e. The van der Waals surface area contributed by atoms with Gasteiger partial charge in [0.05, 0.1) is 6.10 Å². The highest BCUT2D eigenvalue weighted by Crippen LogP contribution is 2.39. The minimum atomic E-state index is -0.443. The van der Waals surface area contributed by atoms with Crippen molar-refractivity contribution < 1.29 is 14.6 Å². The summed E-state index contributed by atoms with van der Waals surface area (Å²) in [5, 5.41) is 9.71. The fourth-order valence-electron chi connectivity index (χ4n) is 2.45. The van der Waals surface area contributed by atoms with Crippen molar-refractivity contribution in [1.29, 1.82) is 0 Å².